The molecule has 0 aromatic heterocycles. The molecule has 0 radical (unpaired) electrons. The SMILES string of the molecule is COc1ccc(C/[N+]([O-])=N/O)cc1F.[NH4+]. The van der Waals surface area contributed by atoms with E-state index in [1.54, 1.807) is 0 Å². The number of hydrogen-bond acceptors (Lipinski definition) is 3. The lowest BCUT2D eigenvalue weighted by atomic mass is 10.2. The van der Waals surface area contributed by atoms with E-state index in [4.69, 9.17) is 9.94 Å². The Morgan fingerprint density at radius 1 is 1.60 bits per heavy atom. The Hall–Kier alpha value is -1.89. The van der Waals surface area contributed by atoms with Gasteiger partial charge in [-0.2, -0.15) is 0 Å². The Bertz CT molecular complexity index is 357. The summed E-state index contributed by atoms with van der Waals surface area (Å²) in [4.78, 5) is 0.0429. The van der Waals surface area contributed by atoms with Gasteiger partial charge in [-0.1, -0.05) is 4.86 Å². The molecule has 6 nitrogen and oxygen atoms in total. The maximum absolute atomic E-state index is 13.1. The summed E-state index contributed by atoms with van der Waals surface area (Å²) in [5.74, 6) is -0.455. The average Bonchev–Trinajstić information content (AvgIpc) is 2.18. The highest BCUT2D eigenvalue weighted by molar-refractivity contribution is 5.28. The number of benzene rings is 1. The largest absolute Gasteiger partial charge is 0.597 e. The normalized spacial score (nSPS) is 10.7. The fraction of sp³-hybridized carbons (Fsp3) is 0.250. The molecule has 0 unspecified atom stereocenters. The van der Waals surface area contributed by atoms with Gasteiger partial charge in [0.25, 0.3) is 0 Å². The van der Waals surface area contributed by atoms with E-state index in [0.717, 1.165) is 6.07 Å². The van der Waals surface area contributed by atoms with Crippen molar-refractivity contribution < 1.29 is 19.2 Å². The van der Waals surface area contributed by atoms with Gasteiger partial charge in [0, 0.05) is 5.56 Å². The number of hydrogen-bond donors (Lipinski definition) is 2. The lowest BCUT2D eigenvalue weighted by Gasteiger charge is -2.03. The fourth-order valence-electron chi connectivity index (χ4n) is 0.996. The maximum Gasteiger partial charge on any atom is 0.209 e. The summed E-state index contributed by atoms with van der Waals surface area (Å²) in [7, 11) is 1.35. The fourth-order valence-corrected chi connectivity index (χ4v) is 0.996. The van der Waals surface area contributed by atoms with Gasteiger partial charge < -0.3 is 21.3 Å². The highest BCUT2D eigenvalue weighted by atomic mass is 19.1. The van der Waals surface area contributed by atoms with Crippen molar-refractivity contribution in [3.63, 3.8) is 0 Å². The van der Waals surface area contributed by atoms with Gasteiger partial charge in [0.1, 0.15) is 0 Å². The zero-order valence-corrected chi connectivity index (χ0v) is 8.48. The van der Waals surface area contributed by atoms with Crippen LogP contribution in [-0.4, -0.2) is 17.2 Å². The van der Waals surface area contributed by atoms with Crippen LogP contribution in [0, 0.1) is 11.0 Å². The lowest BCUT2D eigenvalue weighted by Crippen LogP contribution is -2.01. The van der Waals surface area contributed by atoms with Crippen LogP contribution in [-0.2, 0) is 6.54 Å². The minimum atomic E-state index is -0.559. The van der Waals surface area contributed by atoms with Crippen LogP contribution in [0.1, 0.15) is 5.56 Å². The van der Waals surface area contributed by atoms with Gasteiger partial charge in [0.05, 0.1) is 7.11 Å². The van der Waals surface area contributed by atoms with Crippen molar-refractivity contribution in [2.45, 2.75) is 6.54 Å². The molecule has 0 atom stereocenters. The molecule has 0 saturated carbocycles. The Labute approximate surface area is 85.7 Å². The predicted molar refractivity (Wildman–Crippen MR) is 50.5 cm³/mol. The van der Waals surface area contributed by atoms with Crippen molar-refractivity contribution in [1.29, 1.82) is 0 Å². The average molecular weight is 218 g/mol. The van der Waals surface area contributed by atoms with Crippen LogP contribution < -0.4 is 10.9 Å². The van der Waals surface area contributed by atoms with Crippen LogP contribution in [0.2, 0.25) is 0 Å². The van der Waals surface area contributed by atoms with Crippen LogP contribution in [0.5, 0.6) is 5.75 Å². The van der Waals surface area contributed by atoms with E-state index in [1.165, 1.54) is 19.2 Å². The summed E-state index contributed by atoms with van der Waals surface area (Å²) in [5, 5.41) is 21.1. The van der Waals surface area contributed by atoms with Crippen molar-refractivity contribution in [2.24, 2.45) is 5.28 Å². The molecule has 5 N–H and O–H groups in total. The first-order valence-corrected chi connectivity index (χ1v) is 3.79. The second kappa shape index (κ2) is 5.76. The van der Waals surface area contributed by atoms with Gasteiger partial charge in [-0.25, -0.2) is 4.39 Å². The highest BCUT2D eigenvalue weighted by Gasteiger charge is 2.06. The number of methoxy groups -OCH3 is 1. The summed E-state index contributed by atoms with van der Waals surface area (Å²) in [6, 6.07) is 4.06. The molecule has 0 aliphatic rings. The monoisotopic (exact) mass is 218 g/mol. The molecule has 7 heteroatoms. The van der Waals surface area contributed by atoms with Crippen molar-refractivity contribution in [3.8, 4) is 5.75 Å². The molecule has 0 heterocycles. The van der Waals surface area contributed by atoms with Crippen LogP contribution in [0.4, 0.5) is 4.39 Å². The second-order valence-corrected chi connectivity index (χ2v) is 2.57. The minimum absolute atomic E-state index is 0. The molecule has 0 aliphatic heterocycles. The van der Waals surface area contributed by atoms with Gasteiger partial charge in [0.15, 0.2) is 16.8 Å². The molecule has 0 saturated heterocycles. The third-order valence-corrected chi connectivity index (χ3v) is 1.63. The lowest BCUT2D eigenvalue weighted by molar-refractivity contribution is -0.570. The summed E-state index contributed by atoms with van der Waals surface area (Å²) in [5.41, 5.74) is 0.399. The standard InChI is InChI=1S/C8H9FN2O3.H3N/c1-14-8-3-2-6(4-7(8)9)5-11(13)10-12;/h2-4,12H,5H2,1H3;1H3/p+1/b11-10-;. The first-order valence-electron chi connectivity index (χ1n) is 3.79. The molecule has 0 amide bonds. The van der Waals surface area contributed by atoms with Crippen molar-refractivity contribution in [2.75, 3.05) is 7.11 Å². The zero-order valence-electron chi connectivity index (χ0n) is 8.48. The first-order chi connectivity index (χ1) is 6.67. The molecule has 0 spiro atoms. The molecule has 1 aromatic carbocycles. The van der Waals surface area contributed by atoms with Crippen LogP contribution >= 0.6 is 0 Å². The van der Waals surface area contributed by atoms with Gasteiger partial charge in [-0.05, 0) is 18.2 Å². The molecule has 15 heavy (non-hydrogen) atoms. The van der Waals surface area contributed by atoms with E-state index in [1.807, 2.05) is 0 Å². The van der Waals surface area contributed by atoms with Gasteiger partial charge in [-0.15, -0.1) is 0 Å². The molecule has 1 rings (SSSR count). The van der Waals surface area contributed by atoms with E-state index in [2.05, 4.69) is 5.28 Å². The van der Waals surface area contributed by atoms with E-state index < -0.39 is 5.82 Å². The van der Waals surface area contributed by atoms with E-state index in [9.17, 15) is 9.60 Å². The minimum Gasteiger partial charge on any atom is -0.597 e. The third kappa shape index (κ3) is 3.39. The van der Waals surface area contributed by atoms with Crippen molar-refractivity contribution >= 4 is 0 Å². The van der Waals surface area contributed by atoms with Gasteiger partial charge in [0.2, 0.25) is 6.54 Å². The topological polar surface area (TPSA) is 104 Å². The van der Waals surface area contributed by atoms with Crippen LogP contribution in [0.15, 0.2) is 23.5 Å². The summed E-state index contributed by atoms with van der Waals surface area (Å²) in [6.07, 6.45) is 0. The Morgan fingerprint density at radius 2 is 2.27 bits per heavy atom. The number of hydroxylamine groups is 1. The molecule has 1 aromatic rings. The Balaban J connectivity index is 0.00000196. The number of quaternary nitrogens is 1. The molecule has 0 aliphatic carbocycles. The Morgan fingerprint density at radius 3 is 2.73 bits per heavy atom. The van der Waals surface area contributed by atoms with Crippen LogP contribution in [0.3, 0.4) is 0 Å². The molecular weight excluding hydrogens is 205 g/mol. The second-order valence-electron chi connectivity index (χ2n) is 2.57. The van der Waals surface area contributed by atoms with Gasteiger partial charge in [-0.3, -0.25) is 0 Å². The quantitative estimate of drug-likeness (QED) is 0.460. The van der Waals surface area contributed by atoms with Crippen LogP contribution in [0.25, 0.3) is 0 Å². The summed E-state index contributed by atoms with van der Waals surface area (Å²) in [6.45, 7) is -0.211. The van der Waals surface area contributed by atoms with E-state index >= 15 is 0 Å². The molecule has 0 bridgehead atoms. The van der Waals surface area contributed by atoms with E-state index in [-0.39, 0.29) is 23.3 Å². The van der Waals surface area contributed by atoms with E-state index in [0.29, 0.717) is 5.56 Å². The highest BCUT2D eigenvalue weighted by Crippen LogP contribution is 2.17. The third-order valence-electron chi connectivity index (χ3n) is 1.63. The smallest absolute Gasteiger partial charge is 0.209 e. The number of ether oxygens (including phenoxy) is 1. The zero-order chi connectivity index (χ0) is 10.6. The number of nitrogens with zero attached hydrogens (tertiary/aromatic N) is 2. The number of halogens is 1. The van der Waals surface area contributed by atoms with Crippen molar-refractivity contribution in [1.82, 2.24) is 6.15 Å². The summed E-state index contributed by atoms with van der Waals surface area (Å²) >= 11 is 0. The molecule has 84 valence electrons. The maximum atomic E-state index is 13.1. The molecule has 0 fully saturated rings. The van der Waals surface area contributed by atoms with Crippen molar-refractivity contribution in [3.05, 3.63) is 34.8 Å². The Kier molecular flexibility index (Phi) is 5.03. The predicted octanol–water partition coefficient (Wildman–Crippen LogP) is 2.06. The number of rotatable bonds is 3. The molecular formula is C8H13FN3O3+. The summed E-state index contributed by atoms with van der Waals surface area (Å²) < 4.78 is 17.8. The first kappa shape index (κ1) is 13.1. The van der Waals surface area contributed by atoms with Gasteiger partial charge >= 0.3 is 0 Å².